The fraction of sp³-hybridized carbons (Fsp3) is 0.562. The van der Waals surface area contributed by atoms with Gasteiger partial charge >= 0.3 is 0 Å². The van der Waals surface area contributed by atoms with E-state index in [0.717, 1.165) is 18.7 Å². The summed E-state index contributed by atoms with van der Waals surface area (Å²) in [5, 5.41) is 3.96. The first-order chi connectivity index (χ1) is 9.82. The Labute approximate surface area is 132 Å². The van der Waals surface area contributed by atoms with Crippen molar-refractivity contribution in [3.63, 3.8) is 0 Å². The highest BCUT2D eigenvalue weighted by atomic mass is 35.5. The van der Waals surface area contributed by atoms with Crippen LogP contribution < -0.4 is 11.1 Å². The Bertz CT molecular complexity index is 467. The third kappa shape index (κ3) is 5.65. The summed E-state index contributed by atoms with van der Waals surface area (Å²) in [4.78, 5) is 13.5. The van der Waals surface area contributed by atoms with Crippen molar-refractivity contribution < 1.29 is 4.79 Å². The van der Waals surface area contributed by atoms with Crippen molar-refractivity contribution in [3.8, 4) is 0 Å². The second-order valence-electron chi connectivity index (χ2n) is 5.77. The van der Waals surface area contributed by atoms with Gasteiger partial charge in [-0.3, -0.25) is 9.69 Å². The summed E-state index contributed by atoms with van der Waals surface area (Å²) in [5.41, 5.74) is 6.64. The van der Waals surface area contributed by atoms with E-state index in [1.807, 2.05) is 6.07 Å². The fourth-order valence-corrected chi connectivity index (χ4v) is 2.64. The topological polar surface area (TPSA) is 58.4 Å². The van der Waals surface area contributed by atoms with E-state index in [4.69, 9.17) is 17.3 Å². The maximum Gasteiger partial charge on any atom is 0.248 e. The molecule has 0 spiro atoms. The summed E-state index contributed by atoms with van der Waals surface area (Å²) >= 11 is 6.16. The zero-order valence-corrected chi connectivity index (χ0v) is 14.1. The highest BCUT2D eigenvalue weighted by Crippen LogP contribution is 2.17. The quantitative estimate of drug-likeness (QED) is 0.726. The van der Waals surface area contributed by atoms with Gasteiger partial charge in [-0.15, -0.1) is 0 Å². The molecule has 1 rings (SSSR count). The standard InChI is InChI=1S/C16H26ClN3O/c1-11(2)20(12(3)4)8-7-19-10-14-6-5-13(16(18)21)9-15(14)17/h5-6,9,11-12,19H,7-8,10H2,1-4H3,(H2,18,21). The Morgan fingerprint density at radius 2 is 1.90 bits per heavy atom. The molecule has 0 saturated heterocycles. The molecule has 3 N–H and O–H groups in total. The number of halogens is 1. The van der Waals surface area contributed by atoms with Gasteiger partial charge in [-0.2, -0.15) is 0 Å². The van der Waals surface area contributed by atoms with Crippen LogP contribution in [-0.2, 0) is 6.54 Å². The molecule has 0 unspecified atom stereocenters. The van der Waals surface area contributed by atoms with Crippen LogP contribution in [0.2, 0.25) is 5.02 Å². The van der Waals surface area contributed by atoms with Gasteiger partial charge in [0, 0.05) is 42.3 Å². The molecule has 1 aromatic carbocycles. The highest BCUT2D eigenvalue weighted by molar-refractivity contribution is 6.31. The third-order valence-electron chi connectivity index (χ3n) is 3.53. The molecule has 21 heavy (non-hydrogen) atoms. The van der Waals surface area contributed by atoms with Crippen molar-refractivity contribution in [2.45, 2.75) is 46.3 Å². The first kappa shape index (κ1) is 18.0. The van der Waals surface area contributed by atoms with Gasteiger partial charge in [-0.25, -0.2) is 0 Å². The van der Waals surface area contributed by atoms with Crippen LogP contribution in [-0.4, -0.2) is 36.0 Å². The summed E-state index contributed by atoms with van der Waals surface area (Å²) in [5.74, 6) is -0.457. The maximum absolute atomic E-state index is 11.1. The molecular weight excluding hydrogens is 286 g/mol. The molecule has 118 valence electrons. The van der Waals surface area contributed by atoms with Gasteiger partial charge in [-0.05, 0) is 45.4 Å². The Morgan fingerprint density at radius 1 is 1.29 bits per heavy atom. The predicted octanol–water partition coefficient (Wildman–Crippen LogP) is 2.65. The van der Waals surface area contributed by atoms with Gasteiger partial charge < -0.3 is 11.1 Å². The average Bonchev–Trinajstić information content (AvgIpc) is 2.38. The molecule has 0 aliphatic heterocycles. The molecule has 1 aromatic rings. The molecule has 5 heteroatoms. The van der Waals surface area contributed by atoms with Crippen molar-refractivity contribution in [1.82, 2.24) is 10.2 Å². The Morgan fingerprint density at radius 3 is 2.38 bits per heavy atom. The summed E-state index contributed by atoms with van der Waals surface area (Å²) in [6, 6.07) is 6.24. The van der Waals surface area contributed by atoms with Crippen LogP contribution in [0.5, 0.6) is 0 Å². The monoisotopic (exact) mass is 311 g/mol. The zero-order valence-electron chi connectivity index (χ0n) is 13.3. The summed E-state index contributed by atoms with van der Waals surface area (Å²) in [6.45, 7) is 11.4. The molecule has 0 atom stereocenters. The largest absolute Gasteiger partial charge is 0.366 e. The maximum atomic E-state index is 11.1. The van der Waals surface area contributed by atoms with Crippen molar-refractivity contribution in [2.75, 3.05) is 13.1 Å². The van der Waals surface area contributed by atoms with Gasteiger partial charge in [0.1, 0.15) is 0 Å². The fourth-order valence-electron chi connectivity index (χ4n) is 2.39. The molecule has 0 aromatic heterocycles. The molecule has 1 amide bonds. The second-order valence-corrected chi connectivity index (χ2v) is 6.18. The van der Waals surface area contributed by atoms with Crippen LogP contribution >= 0.6 is 11.6 Å². The van der Waals surface area contributed by atoms with Gasteiger partial charge in [-0.1, -0.05) is 17.7 Å². The third-order valence-corrected chi connectivity index (χ3v) is 3.88. The van der Waals surface area contributed by atoms with Crippen molar-refractivity contribution in [2.24, 2.45) is 5.73 Å². The number of primary amides is 1. The van der Waals surface area contributed by atoms with E-state index in [1.54, 1.807) is 12.1 Å². The number of nitrogens with two attached hydrogens (primary N) is 1. The molecule has 0 saturated carbocycles. The molecule has 4 nitrogen and oxygen atoms in total. The molecule has 0 fully saturated rings. The normalized spacial score (nSPS) is 11.6. The van der Waals surface area contributed by atoms with Crippen molar-refractivity contribution in [1.29, 1.82) is 0 Å². The number of rotatable bonds is 8. The van der Waals surface area contributed by atoms with Crippen LogP contribution in [0.25, 0.3) is 0 Å². The van der Waals surface area contributed by atoms with E-state index in [2.05, 4.69) is 37.9 Å². The Kier molecular flexibility index (Phi) is 7.15. The SMILES string of the molecule is CC(C)N(CCNCc1ccc(C(N)=O)cc1Cl)C(C)C. The van der Waals surface area contributed by atoms with E-state index in [0.29, 0.717) is 29.2 Å². The van der Waals surface area contributed by atoms with Crippen LogP contribution in [0, 0.1) is 0 Å². The summed E-state index contributed by atoms with van der Waals surface area (Å²) in [7, 11) is 0. The number of amides is 1. The Balaban J connectivity index is 2.47. The molecule has 0 heterocycles. The number of benzene rings is 1. The first-order valence-corrected chi connectivity index (χ1v) is 7.75. The van der Waals surface area contributed by atoms with Crippen molar-refractivity contribution >= 4 is 17.5 Å². The summed E-state index contributed by atoms with van der Waals surface area (Å²) < 4.78 is 0. The average molecular weight is 312 g/mol. The minimum atomic E-state index is -0.457. The van der Waals surface area contributed by atoms with E-state index in [-0.39, 0.29) is 0 Å². The molecule has 0 radical (unpaired) electrons. The van der Waals surface area contributed by atoms with E-state index in [1.165, 1.54) is 0 Å². The van der Waals surface area contributed by atoms with Crippen LogP contribution in [0.1, 0.15) is 43.6 Å². The highest BCUT2D eigenvalue weighted by Gasteiger charge is 2.12. The number of hydrogen-bond donors (Lipinski definition) is 2. The second kappa shape index (κ2) is 8.37. The van der Waals surface area contributed by atoms with Gasteiger partial charge in [0.2, 0.25) is 5.91 Å². The lowest BCUT2D eigenvalue weighted by atomic mass is 10.1. The lowest BCUT2D eigenvalue weighted by molar-refractivity contribution is 0.100. The van der Waals surface area contributed by atoms with Gasteiger partial charge in [0.25, 0.3) is 0 Å². The lowest BCUT2D eigenvalue weighted by Gasteiger charge is -2.30. The zero-order chi connectivity index (χ0) is 16.0. The van der Waals surface area contributed by atoms with Gasteiger partial charge in [0.05, 0.1) is 0 Å². The van der Waals surface area contributed by atoms with Gasteiger partial charge in [0.15, 0.2) is 0 Å². The van der Waals surface area contributed by atoms with Crippen LogP contribution in [0.4, 0.5) is 0 Å². The molecular formula is C16H26ClN3O. The molecule has 0 aliphatic rings. The first-order valence-electron chi connectivity index (χ1n) is 7.37. The van der Waals surface area contributed by atoms with Crippen molar-refractivity contribution in [3.05, 3.63) is 34.3 Å². The van der Waals surface area contributed by atoms with E-state index in [9.17, 15) is 4.79 Å². The number of carbonyl (C=O) groups is 1. The summed E-state index contributed by atoms with van der Waals surface area (Å²) in [6.07, 6.45) is 0. The minimum absolute atomic E-state index is 0.439. The van der Waals surface area contributed by atoms with Crippen LogP contribution in [0.3, 0.4) is 0 Å². The number of hydrogen-bond acceptors (Lipinski definition) is 3. The smallest absolute Gasteiger partial charge is 0.248 e. The Hall–Kier alpha value is -1.10. The molecule has 0 aliphatic carbocycles. The van der Waals surface area contributed by atoms with E-state index < -0.39 is 5.91 Å². The number of carbonyl (C=O) groups excluding carboxylic acids is 1. The number of nitrogens with one attached hydrogen (secondary N) is 1. The predicted molar refractivity (Wildman–Crippen MR) is 88.7 cm³/mol. The van der Waals surface area contributed by atoms with Crippen LogP contribution in [0.15, 0.2) is 18.2 Å². The lowest BCUT2D eigenvalue weighted by Crippen LogP contribution is -2.41. The molecule has 0 bridgehead atoms. The minimum Gasteiger partial charge on any atom is -0.366 e. The van der Waals surface area contributed by atoms with E-state index >= 15 is 0 Å². The number of nitrogens with zero attached hydrogens (tertiary/aromatic N) is 1.